The van der Waals surface area contributed by atoms with Crippen LogP contribution < -0.4 is 10.1 Å². The molecule has 0 aliphatic rings. The highest BCUT2D eigenvalue weighted by atomic mass is 79.9. The van der Waals surface area contributed by atoms with Crippen molar-refractivity contribution in [3.63, 3.8) is 0 Å². The van der Waals surface area contributed by atoms with Gasteiger partial charge in [-0.15, -0.1) is 0 Å². The molecule has 0 aliphatic carbocycles. The molecule has 2 aromatic rings. The van der Waals surface area contributed by atoms with Gasteiger partial charge in [-0.3, -0.25) is 4.98 Å². The van der Waals surface area contributed by atoms with Crippen LogP contribution in [0.4, 0.5) is 5.69 Å². The van der Waals surface area contributed by atoms with E-state index in [0.29, 0.717) is 6.61 Å². The molecule has 2 rings (SSSR count). The Kier molecular flexibility index (Phi) is 5.41. The summed E-state index contributed by atoms with van der Waals surface area (Å²) >= 11 is 3.51. The number of nitrogens with one attached hydrogen (secondary N) is 1. The van der Waals surface area contributed by atoms with E-state index in [2.05, 4.69) is 40.1 Å². The normalized spacial score (nSPS) is 10.3. The summed E-state index contributed by atoms with van der Waals surface area (Å²) < 4.78 is 6.77. The minimum Gasteiger partial charge on any atom is -0.486 e. The Bertz CT molecular complexity index is 572. The van der Waals surface area contributed by atoms with E-state index in [9.17, 15) is 0 Å². The third kappa shape index (κ3) is 4.23. The van der Waals surface area contributed by atoms with Crippen molar-refractivity contribution in [3.05, 3.63) is 52.3 Å². The van der Waals surface area contributed by atoms with Crippen LogP contribution in [0.15, 0.2) is 41.0 Å². The van der Waals surface area contributed by atoms with E-state index in [4.69, 9.17) is 4.74 Å². The van der Waals surface area contributed by atoms with Crippen LogP contribution in [-0.2, 0) is 6.61 Å². The summed E-state index contributed by atoms with van der Waals surface area (Å²) in [6.45, 7) is 5.63. The number of ether oxygens (including phenoxy) is 1. The molecule has 0 amide bonds. The Morgan fingerprint density at radius 3 is 2.85 bits per heavy atom. The molecule has 0 atom stereocenters. The molecule has 0 unspecified atom stereocenters. The van der Waals surface area contributed by atoms with Crippen molar-refractivity contribution in [2.45, 2.75) is 26.9 Å². The van der Waals surface area contributed by atoms with E-state index in [0.717, 1.165) is 34.6 Å². The van der Waals surface area contributed by atoms with Crippen molar-refractivity contribution >= 4 is 21.6 Å². The summed E-state index contributed by atoms with van der Waals surface area (Å²) in [5, 5.41) is 3.35. The van der Waals surface area contributed by atoms with Gasteiger partial charge in [-0.25, -0.2) is 0 Å². The van der Waals surface area contributed by atoms with E-state index in [1.807, 2.05) is 30.3 Å². The first-order valence-corrected chi connectivity index (χ1v) is 7.56. The number of aromatic nitrogens is 1. The van der Waals surface area contributed by atoms with Gasteiger partial charge in [0.1, 0.15) is 12.4 Å². The average Bonchev–Trinajstić information content (AvgIpc) is 2.45. The van der Waals surface area contributed by atoms with Crippen molar-refractivity contribution in [1.29, 1.82) is 0 Å². The number of halogens is 1. The van der Waals surface area contributed by atoms with E-state index in [1.54, 1.807) is 6.20 Å². The van der Waals surface area contributed by atoms with Crippen LogP contribution in [0.1, 0.15) is 24.6 Å². The Hall–Kier alpha value is -1.55. The zero-order valence-electron chi connectivity index (χ0n) is 11.8. The largest absolute Gasteiger partial charge is 0.486 e. The molecule has 0 radical (unpaired) electrons. The lowest BCUT2D eigenvalue weighted by molar-refractivity contribution is 0.299. The Morgan fingerprint density at radius 2 is 2.10 bits per heavy atom. The fourth-order valence-electron chi connectivity index (χ4n) is 1.81. The van der Waals surface area contributed by atoms with Crippen LogP contribution in [0.3, 0.4) is 0 Å². The summed E-state index contributed by atoms with van der Waals surface area (Å²) in [6, 6.07) is 10.0. The van der Waals surface area contributed by atoms with Crippen LogP contribution in [0.2, 0.25) is 0 Å². The van der Waals surface area contributed by atoms with Gasteiger partial charge in [0, 0.05) is 18.4 Å². The second kappa shape index (κ2) is 7.29. The van der Waals surface area contributed by atoms with Gasteiger partial charge in [-0.1, -0.05) is 13.0 Å². The van der Waals surface area contributed by atoms with E-state index in [-0.39, 0.29) is 0 Å². The molecule has 0 fully saturated rings. The zero-order valence-corrected chi connectivity index (χ0v) is 13.4. The molecular formula is C16H19BrN2O. The average molecular weight is 335 g/mol. The number of nitrogens with zero attached hydrogens (tertiary/aromatic N) is 1. The number of hydrogen-bond acceptors (Lipinski definition) is 3. The maximum absolute atomic E-state index is 5.80. The summed E-state index contributed by atoms with van der Waals surface area (Å²) in [6.07, 6.45) is 2.91. The number of pyridine rings is 1. The van der Waals surface area contributed by atoms with Gasteiger partial charge in [0.15, 0.2) is 0 Å². The monoisotopic (exact) mass is 334 g/mol. The third-order valence-electron chi connectivity index (χ3n) is 2.86. The Labute approximate surface area is 128 Å². The molecule has 0 saturated carbocycles. The van der Waals surface area contributed by atoms with Crippen molar-refractivity contribution in [1.82, 2.24) is 4.98 Å². The van der Waals surface area contributed by atoms with Gasteiger partial charge >= 0.3 is 0 Å². The Balaban J connectivity index is 1.99. The summed E-state index contributed by atoms with van der Waals surface area (Å²) in [5.74, 6) is 0.837. The predicted octanol–water partition coefficient (Wildman–Crippen LogP) is 4.55. The number of hydrogen-bond donors (Lipinski definition) is 1. The lowest BCUT2D eigenvalue weighted by atomic mass is 10.2. The molecule has 0 spiro atoms. The first-order chi connectivity index (χ1) is 9.69. The van der Waals surface area contributed by atoms with Crippen molar-refractivity contribution in [3.8, 4) is 5.75 Å². The van der Waals surface area contributed by atoms with Gasteiger partial charge in [0.2, 0.25) is 0 Å². The summed E-state index contributed by atoms with van der Waals surface area (Å²) in [4.78, 5) is 4.33. The molecule has 20 heavy (non-hydrogen) atoms. The van der Waals surface area contributed by atoms with E-state index >= 15 is 0 Å². The molecule has 0 aliphatic heterocycles. The lowest BCUT2D eigenvalue weighted by Gasteiger charge is -2.10. The molecule has 0 bridgehead atoms. The topological polar surface area (TPSA) is 34.2 Å². The van der Waals surface area contributed by atoms with Crippen LogP contribution >= 0.6 is 15.9 Å². The van der Waals surface area contributed by atoms with Gasteiger partial charge in [-0.05, 0) is 59.1 Å². The van der Waals surface area contributed by atoms with Gasteiger partial charge in [0.05, 0.1) is 10.2 Å². The first-order valence-electron chi connectivity index (χ1n) is 6.77. The molecule has 0 saturated heterocycles. The molecule has 106 valence electrons. The highest BCUT2D eigenvalue weighted by molar-refractivity contribution is 9.10. The van der Waals surface area contributed by atoms with Crippen LogP contribution in [0.25, 0.3) is 0 Å². The molecular weight excluding hydrogens is 316 g/mol. The van der Waals surface area contributed by atoms with Crippen LogP contribution in [0.5, 0.6) is 5.75 Å². The molecule has 1 heterocycles. The number of aryl methyl sites for hydroxylation is 1. The minimum absolute atomic E-state index is 0.462. The zero-order chi connectivity index (χ0) is 14.4. The summed E-state index contributed by atoms with van der Waals surface area (Å²) in [5.41, 5.74) is 3.20. The molecule has 1 aromatic heterocycles. The van der Waals surface area contributed by atoms with E-state index in [1.165, 1.54) is 5.56 Å². The smallest absolute Gasteiger partial charge is 0.134 e. The van der Waals surface area contributed by atoms with Crippen molar-refractivity contribution < 1.29 is 4.74 Å². The highest BCUT2D eigenvalue weighted by Crippen LogP contribution is 2.26. The third-order valence-corrected chi connectivity index (χ3v) is 3.48. The molecule has 4 heteroatoms. The highest BCUT2D eigenvalue weighted by Gasteiger charge is 2.03. The van der Waals surface area contributed by atoms with Gasteiger partial charge < -0.3 is 10.1 Å². The number of benzene rings is 1. The maximum atomic E-state index is 5.80. The van der Waals surface area contributed by atoms with Gasteiger partial charge in [0.25, 0.3) is 0 Å². The second-order valence-corrected chi connectivity index (χ2v) is 5.54. The van der Waals surface area contributed by atoms with Crippen molar-refractivity contribution in [2.24, 2.45) is 0 Å². The van der Waals surface area contributed by atoms with Gasteiger partial charge in [-0.2, -0.15) is 0 Å². The standard InChI is InChI=1S/C16H19BrN2O/c1-3-7-18-13-6-8-19-14(10-13)11-20-16-5-4-12(2)9-15(16)17/h4-6,8-10H,3,7,11H2,1-2H3,(H,18,19). The minimum atomic E-state index is 0.462. The number of anilines is 1. The summed E-state index contributed by atoms with van der Waals surface area (Å²) in [7, 11) is 0. The first kappa shape index (κ1) is 14.9. The van der Waals surface area contributed by atoms with Crippen LogP contribution in [-0.4, -0.2) is 11.5 Å². The fourth-order valence-corrected chi connectivity index (χ4v) is 2.42. The van der Waals surface area contributed by atoms with E-state index < -0.39 is 0 Å². The predicted molar refractivity (Wildman–Crippen MR) is 86.2 cm³/mol. The Morgan fingerprint density at radius 1 is 1.25 bits per heavy atom. The van der Waals surface area contributed by atoms with Crippen molar-refractivity contribution in [2.75, 3.05) is 11.9 Å². The fraction of sp³-hybridized carbons (Fsp3) is 0.312. The molecule has 1 aromatic carbocycles. The lowest BCUT2D eigenvalue weighted by Crippen LogP contribution is -2.03. The maximum Gasteiger partial charge on any atom is 0.134 e. The second-order valence-electron chi connectivity index (χ2n) is 4.69. The SMILES string of the molecule is CCCNc1ccnc(COc2ccc(C)cc2Br)c1. The molecule has 1 N–H and O–H groups in total. The van der Waals surface area contributed by atoms with Crippen LogP contribution in [0, 0.1) is 6.92 Å². The molecule has 3 nitrogen and oxygen atoms in total. The number of rotatable bonds is 6. The quantitative estimate of drug-likeness (QED) is 0.841.